The monoisotopic (exact) mass is 445 g/mol. The van der Waals surface area contributed by atoms with E-state index in [0.29, 0.717) is 36.5 Å². The van der Waals surface area contributed by atoms with Crippen molar-refractivity contribution in [3.8, 4) is 5.75 Å². The molecule has 1 aliphatic heterocycles. The number of aryl methyl sites for hydroxylation is 1. The topological polar surface area (TPSA) is 105 Å². The molecule has 0 unspecified atom stereocenters. The zero-order valence-corrected chi connectivity index (χ0v) is 18.2. The highest BCUT2D eigenvalue weighted by atomic mass is 16.5. The van der Waals surface area contributed by atoms with Crippen LogP contribution in [0.15, 0.2) is 78.9 Å². The van der Waals surface area contributed by atoms with E-state index in [0.717, 1.165) is 11.1 Å². The highest BCUT2D eigenvalue weighted by Gasteiger charge is 2.34. The lowest BCUT2D eigenvalue weighted by atomic mass is 10.0. The van der Waals surface area contributed by atoms with E-state index in [1.54, 1.807) is 17.0 Å². The summed E-state index contributed by atoms with van der Waals surface area (Å²) < 4.78 is 5.92. The van der Waals surface area contributed by atoms with Crippen molar-refractivity contribution in [2.45, 2.75) is 31.5 Å². The number of fused-ring (bicyclic) bond motifs is 1. The predicted molar refractivity (Wildman–Crippen MR) is 127 cm³/mol. The van der Waals surface area contributed by atoms with E-state index in [4.69, 9.17) is 10.5 Å². The van der Waals surface area contributed by atoms with Crippen LogP contribution < -0.4 is 20.7 Å². The van der Waals surface area contributed by atoms with Crippen molar-refractivity contribution in [1.82, 2.24) is 5.32 Å². The molecule has 3 aromatic carbocycles. The van der Waals surface area contributed by atoms with E-state index < -0.39 is 18.1 Å². The molecule has 7 heteroatoms. The Morgan fingerprint density at radius 3 is 2.45 bits per heavy atom. The Hall–Kier alpha value is -3.84. The van der Waals surface area contributed by atoms with Crippen LogP contribution in [-0.4, -0.2) is 35.7 Å². The maximum atomic E-state index is 13.6. The molecule has 0 saturated carbocycles. The lowest BCUT2D eigenvalue weighted by Gasteiger charge is -2.26. The van der Waals surface area contributed by atoms with Gasteiger partial charge in [0.25, 0.3) is 0 Å². The second-order valence-corrected chi connectivity index (χ2v) is 8.08. The Bertz CT molecular complexity index is 1100. The van der Waals surface area contributed by atoms with E-state index in [1.807, 2.05) is 66.7 Å². The molecule has 33 heavy (non-hydrogen) atoms. The Labute approximate surface area is 192 Å². The molecule has 1 aliphatic rings. The molecule has 0 bridgehead atoms. The van der Waals surface area contributed by atoms with Crippen molar-refractivity contribution >= 4 is 23.3 Å². The number of nitrogens with one attached hydrogen (secondary N) is 1. The number of hydrogen-bond acceptors (Lipinski definition) is 5. The second kappa shape index (κ2) is 10.2. The van der Waals surface area contributed by atoms with Gasteiger partial charge < -0.3 is 20.5 Å². The fraction of sp³-hybridized carbons (Fsp3) is 0.231. The Kier molecular flexibility index (Phi) is 6.90. The molecule has 0 aliphatic carbocycles. The first kappa shape index (κ1) is 22.4. The average Bonchev–Trinajstić information content (AvgIpc) is 2.95. The molecule has 7 nitrogen and oxygen atoms in total. The van der Waals surface area contributed by atoms with Crippen molar-refractivity contribution in [3.05, 3.63) is 90.0 Å². The molecule has 1 heterocycles. The third-order valence-electron chi connectivity index (χ3n) is 5.71. The first-order valence-electron chi connectivity index (χ1n) is 10.9. The van der Waals surface area contributed by atoms with Gasteiger partial charge in [0, 0.05) is 5.69 Å². The number of nitrogens with two attached hydrogens (primary N) is 1. The van der Waals surface area contributed by atoms with E-state index in [9.17, 15) is 14.7 Å². The largest absolute Gasteiger partial charge is 0.489 e. The van der Waals surface area contributed by atoms with Gasteiger partial charge in [0.1, 0.15) is 24.4 Å². The van der Waals surface area contributed by atoms with Gasteiger partial charge in [0.2, 0.25) is 5.91 Å². The van der Waals surface area contributed by atoms with Gasteiger partial charge in [-0.3, -0.25) is 14.9 Å². The molecule has 0 aromatic heterocycles. The number of rotatable bonds is 8. The summed E-state index contributed by atoms with van der Waals surface area (Å²) >= 11 is 0. The van der Waals surface area contributed by atoms with Gasteiger partial charge >= 0.3 is 5.97 Å². The number of nitrogen functional groups attached to an aromatic ring is 1. The summed E-state index contributed by atoms with van der Waals surface area (Å²) in [6, 6.07) is 22.7. The fourth-order valence-electron chi connectivity index (χ4n) is 3.92. The second-order valence-electron chi connectivity index (χ2n) is 8.08. The minimum Gasteiger partial charge on any atom is -0.489 e. The number of anilines is 2. The molecule has 4 rings (SSSR count). The number of aliphatic carboxylic acids is 1. The number of carboxylic acids is 1. The van der Waals surface area contributed by atoms with E-state index in [2.05, 4.69) is 5.32 Å². The Balaban J connectivity index is 1.54. The zero-order valence-electron chi connectivity index (χ0n) is 18.2. The number of para-hydroxylation sites is 2. The Morgan fingerprint density at radius 1 is 1.03 bits per heavy atom. The quantitative estimate of drug-likeness (QED) is 0.460. The van der Waals surface area contributed by atoms with Gasteiger partial charge in [0.15, 0.2) is 0 Å². The number of nitrogens with zero attached hydrogens (tertiary/aromatic N) is 1. The SMILES string of the molecule is Nc1ccc(CN2C(=O)[C@@H](N[C@@H](CCc3ccccc3)C(=O)O)COc3ccccc32)cc1. The van der Waals surface area contributed by atoms with Crippen LogP contribution >= 0.6 is 0 Å². The van der Waals surface area contributed by atoms with Crippen LogP contribution in [0.5, 0.6) is 5.75 Å². The third kappa shape index (κ3) is 5.51. The van der Waals surface area contributed by atoms with Crippen LogP contribution in [-0.2, 0) is 22.6 Å². The summed E-state index contributed by atoms with van der Waals surface area (Å²) in [5, 5.41) is 12.8. The van der Waals surface area contributed by atoms with Gasteiger partial charge in [-0.2, -0.15) is 0 Å². The van der Waals surface area contributed by atoms with Crippen LogP contribution in [0.3, 0.4) is 0 Å². The first-order valence-corrected chi connectivity index (χ1v) is 10.9. The lowest BCUT2D eigenvalue weighted by Crippen LogP contribution is -2.53. The van der Waals surface area contributed by atoms with Crippen LogP contribution in [0.4, 0.5) is 11.4 Å². The van der Waals surface area contributed by atoms with Crippen LogP contribution in [0.1, 0.15) is 17.5 Å². The van der Waals surface area contributed by atoms with E-state index in [-0.39, 0.29) is 12.5 Å². The molecular weight excluding hydrogens is 418 g/mol. The number of carboxylic acid groups (broad SMARTS) is 1. The van der Waals surface area contributed by atoms with Crippen molar-refractivity contribution in [2.75, 3.05) is 17.2 Å². The summed E-state index contributed by atoms with van der Waals surface area (Å²) in [5.41, 5.74) is 9.05. The minimum absolute atomic E-state index is 0.0448. The molecule has 1 amide bonds. The van der Waals surface area contributed by atoms with E-state index >= 15 is 0 Å². The number of benzene rings is 3. The fourth-order valence-corrected chi connectivity index (χ4v) is 3.92. The summed E-state index contributed by atoms with van der Waals surface area (Å²) in [4.78, 5) is 27.2. The maximum absolute atomic E-state index is 13.6. The molecule has 0 radical (unpaired) electrons. The number of ether oxygens (including phenoxy) is 1. The summed E-state index contributed by atoms with van der Waals surface area (Å²) in [5.74, 6) is -0.643. The van der Waals surface area contributed by atoms with Gasteiger partial charge in [-0.25, -0.2) is 0 Å². The normalized spacial score (nSPS) is 16.4. The molecule has 2 atom stereocenters. The smallest absolute Gasteiger partial charge is 0.320 e. The lowest BCUT2D eigenvalue weighted by molar-refractivity contribution is -0.140. The molecule has 170 valence electrons. The van der Waals surface area contributed by atoms with Crippen molar-refractivity contribution in [1.29, 1.82) is 0 Å². The maximum Gasteiger partial charge on any atom is 0.320 e. The van der Waals surface area contributed by atoms with Crippen molar-refractivity contribution < 1.29 is 19.4 Å². The van der Waals surface area contributed by atoms with Crippen LogP contribution in [0.25, 0.3) is 0 Å². The highest BCUT2D eigenvalue weighted by Crippen LogP contribution is 2.32. The number of hydrogen-bond donors (Lipinski definition) is 3. The summed E-state index contributed by atoms with van der Waals surface area (Å²) in [7, 11) is 0. The van der Waals surface area contributed by atoms with Gasteiger partial charge in [0.05, 0.1) is 12.2 Å². The van der Waals surface area contributed by atoms with Crippen LogP contribution in [0.2, 0.25) is 0 Å². The number of carbonyl (C=O) groups is 2. The molecule has 4 N–H and O–H groups in total. The van der Waals surface area contributed by atoms with Crippen LogP contribution in [0, 0.1) is 0 Å². The molecule has 0 saturated heterocycles. The Morgan fingerprint density at radius 2 is 1.73 bits per heavy atom. The first-order chi connectivity index (χ1) is 16.0. The highest BCUT2D eigenvalue weighted by molar-refractivity contribution is 5.99. The molecule has 0 spiro atoms. The van der Waals surface area contributed by atoms with Crippen molar-refractivity contribution in [3.63, 3.8) is 0 Å². The van der Waals surface area contributed by atoms with Gasteiger partial charge in [-0.15, -0.1) is 0 Å². The zero-order chi connectivity index (χ0) is 23.2. The summed E-state index contributed by atoms with van der Waals surface area (Å²) in [6.45, 7) is 0.364. The number of amides is 1. The van der Waals surface area contributed by atoms with E-state index in [1.165, 1.54) is 0 Å². The van der Waals surface area contributed by atoms with Gasteiger partial charge in [-0.1, -0.05) is 54.6 Å². The van der Waals surface area contributed by atoms with Gasteiger partial charge in [-0.05, 0) is 48.2 Å². The average molecular weight is 446 g/mol. The molecule has 0 fully saturated rings. The molecule has 3 aromatic rings. The standard InChI is InChI=1S/C26H27N3O4/c27-20-13-10-19(11-14-20)16-29-23-8-4-5-9-24(23)33-17-22(25(29)30)28-21(26(31)32)15-12-18-6-2-1-3-7-18/h1-11,13-14,21-22,28H,12,15-17,27H2,(H,31,32)/t21-,22-/m0/s1. The predicted octanol–water partition coefficient (Wildman–Crippen LogP) is 3.24. The summed E-state index contributed by atoms with van der Waals surface area (Å²) in [6.07, 6.45) is 0.940. The third-order valence-corrected chi connectivity index (χ3v) is 5.71. The minimum atomic E-state index is -0.995. The number of carbonyl (C=O) groups excluding carboxylic acids is 1. The van der Waals surface area contributed by atoms with Crippen molar-refractivity contribution in [2.24, 2.45) is 0 Å². The molecular formula is C26H27N3O4.